The molecule has 0 aliphatic heterocycles. The molecule has 0 aliphatic rings. The Kier molecular flexibility index (Phi) is 5.37. The van der Waals surface area contributed by atoms with Crippen LogP contribution in [0.2, 0.25) is 0 Å². The van der Waals surface area contributed by atoms with E-state index in [0.717, 1.165) is 15.8 Å². The molecule has 2 aromatic rings. The summed E-state index contributed by atoms with van der Waals surface area (Å²) in [7, 11) is 1.79. The average molecular weight is 352 g/mol. The highest BCUT2D eigenvalue weighted by Crippen LogP contribution is 2.34. The van der Waals surface area contributed by atoms with Crippen molar-refractivity contribution in [3.63, 3.8) is 0 Å². The highest BCUT2D eigenvalue weighted by Gasteiger charge is 2.13. The molecule has 2 nitrogen and oxygen atoms in total. The normalized spacial score (nSPS) is 11.0. The van der Waals surface area contributed by atoms with Crippen molar-refractivity contribution in [2.45, 2.75) is 26.3 Å². The lowest BCUT2D eigenvalue weighted by Gasteiger charge is -2.16. The predicted molar refractivity (Wildman–Crippen MR) is 87.5 cm³/mol. The van der Waals surface area contributed by atoms with Crippen LogP contribution in [-0.4, -0.2) is 7.05 Å². The van der Waals surface area contributed by atoms with Gasteiger partial charge in [0.25, 0.3) is 0 Å². The maximum absolute atomic E-state index is 13.9. The Bertz CT molecular complexity index is 628. The molecule has 0 fully saturated rings. The van der Waals surface area contributed by atoms with Crippen molar-refractivity contribution in [2.75, 3.05) is 7.05 Å². The minimum atomic E-state index is -0.259. The number of hydrogen-bond donors (Lipinski definition) is 1. The molecule has 0 saturated heterocycles. The van der Waals surface area contributed by atoms with E-state index in [1.807, 2.05) is 18.2 Å². The summed E-state index contributed by atoms with van der Waals surface area (Å²) in [5.41, 5.74) is 1.63. The molecule has 2 rings (SSSR count). The fraction of sp³-hybridized carbons (Fsp3) is 0.294. The van der Waals surface area contributed by atoms with Gasteiger partial charge in [-0.1, -0.05) is 35.8 Å². The average Bonchev–Trinajstić information content (AvgIpc) is 2.44. The fourth-order valence-corrected chi connectivity index (χ4v) is 2.54. The van der Waals surface area contributed by atoms with E-state index in [2.05, 4.69) is 35.1 Å². The highest BCUT2D eigenvalue weighted by molar-refractivity contribution is 9.10. The van der Waals surface area contributed by atoms with Crippen molar-refractivity contribution in [1.29, 1.82) is 0 Å². The van der Waals surface area contributed by atoms with E-state index >= 15 is 0 Å². The molecule has 21 heavy (non-hydrogen) atoms. The summed E-state index contributed by atoms with van der Waals surface area (Å²) in [5.74, 6) is 1.37. The van der Waals surface area contributed by atoms with Crippen LogP contribution in [0.1, 0.15) is 30.9 Å². The second kappa shape index (κ2) is 7.05. The monoisotopic (exact) mass is 351 g/mol. The fourth-order valence-electron chi connectivity index (χ4n) is 2.16. The summed E-state index contributed by atoms with van der Waals surface area (Å²) < 4.78 is 20.9. The first kappa shape index (κ1) is 16.0. The maximum Gasteiger partial charge on any atom is 0.134 e. The molecular formula is C17H19BrFNO. The number of nitrogens with one attached hydrogen (secondary N) is 1. The van der Waals surface area contributed by atoms with Gasteiger partial charge in [0.2, 0.25) is 0 Å². The van der Waals surface area contributed by atoms with Crippen LogP contribution in [-0.2, 0) is 6.54 Å². The van der Waals surface area contributed by atoms with Crippen LogP contribution in [0.25, 0.3) is 0 Å². The third kappa shape index (κ3) is 3.83. The Labute approximate surface area is 133 Å². The van der Waals surface area contributed by atoms with Gasteiger partial charge >= 0.3 is 0 Å². The van der Waals surface area contributed by atoms with E-state index in [0.29, 0.717) is 23.8 Å². The summed E-state index contributed by atoms with van der Waals surface area (Å²) >= 11 is 3.48. The van der Waals surface area contributed by atoms with Gasteiger partial charge in [0.05, 0.1) is 0 Å². The molecule has 4 heteroatoms. The van der Waals surface area contributed by atoms with Gasteiger partial charge in [0.1, 0.15) is 17.3 Å². The third-order valence-electron chi connectivity index (χ3n) is 3.24. The van der Waals surface area contributed by atoms with E-state index in [1.54, 1.807) is 19.2 Å². The first-order valence-electron chi connectivity index (χ1n) is 6.92. The molecule has 0 bridgehead atoms. The molecule has 0 radical (unpaired) electrons. The highest BCUT2D eigenvalue weighted by atomic mass is 79.9. The summed E-state index contributed by atoms with van der Waals surface area (Å²) in [4.78, 5) is 0. The van der Waals surface area contributed by atoms with Gasteiger partial charge in [-0.25, -0.2) is 4.39 Å². The van der Waals surface area contributed by atoms with Crippen molar-refractivity contribution < 1.29 is 9.13 Å². The van der Waals surface area contributed by atoms with E-state index < -0.39 is 0 Å². The molecule has 0 aromatic heterocycles. The first-order valence-corrected chi connectivity index (χ1v) is 7.71. The molecule has 0 aliphatic carbocycles. The van der Waals surface area contributed by atoms with Crippen molar-refractivity contribution >= 4 is 15.9 Å². The maximum atomic E-state index is 13.9. The zero-order valence-corrected chi connectivity index (χ0v) is 14.0. The van der Waals surface area contributed by atoms with Gasteiger partial charge in [-0.15, -0.1) is 0 Å². The number of halogens is 2. The number of ether oxygens (including phenoxy) is 1. The lowest BCUT2D eigenvalue weighted by Crippen LogP contribution is -2.08. The standard InChI is InChI=1S/C17H19BrFNO/c1-11(2)13-9-12(18)7-8-17(13)21-16-6-4-5-15(19)14(16)10-20-3/h4-9,11,20H,10H2,1-3H3. The molecule has 112 valence electrons. The van der Waals surface area contributed by atoms with Crippen molar-refractivity contribution in [1.82, 2.24) is 5.32 Å². The molecule has 0 spiro atoms. The van der Waals surface area contributed by atoms with Crippen LogP contribution in [0, 0.1) is 5.82 Å². The van der Waals surface area contributed by atoms with Crippen LogP contribution in [0.4, 0.5) is 4.39 Å². The Hall–Kier alpha value is -1.39. The molecule has 0 unspecified atom stereocenters. The summed E-state index contributed by atoms with van der Waals surface area (Å²) in [6.07, 6.45) is 0. The van der Waals surface area contributed by atoms with Gasteiger partial charge in [0, 0.05) is 16.6 Å². The van der Waals surface area contributed by atoms with Gasteiger partial charge < -0.3 is 10.1 Å². The number of hydrogen-bond acceptors (Lipinski definition) is 2. The molecule has 1 N–H and O–H groups in total. The SMILES string of the molecule is CNCc1c(F)cccc1Oc1ccc(Br)cc1C(C)C. The topological polar surface area (TPSA) is 21.3 Å². The lowest BCUT2D eigenvalue weighted by molar-refractivity contribution is 0.456. The van der Waals surface area contributed by atoms with Gasteiger partial charge in [-0.2, -0.15) is 0 Å². The van der Waals surface area contributed by atoms with Crippen LogP contribution < -0.4 is 10.1 Å². The second-order valence-corrected chi connectivity index (χ2v) is 6.10. The number of rotatable bonds is 5. The smallest absolute Gasteiger partial charge is 0.134 e. The summed E-state index contributed by atoms with van der Waals surface area (Å²) in [6, 6.07) is 10.8. The summed E-state index contributed by atoms with van der Waals surface area (Å²) in [5, 5.41) is 2.97. The van der Waals surface area contributed by atoms with Gasteiger partial charge in [0.15, 0.2) is 0 Å². The zero-order chi connectivity index (χ0) is 15.4. The Balaban J connectivity index is 2.41. The van der Waals surface area contributed by atoms with E-state index in [-0.39, 0.29) is 5.82 Å². The van der Waals surface area contributed by atoms with Crippen LogP contribution in [0.5, 0.6) is 11.5 Å². The minimum Gasteiger partial charge on any atom is -0.457 e. The second-order valence-electron chi connectivity index (χ2n) is 5.19. The lowest BCUT2D eigenvalue weighted by atomic mass is 10.0. The molecule has 0 atom stereocenters. The molecule has 0 amide bonds. The molecule has 0 saturated carbocycles. The quantitative estimate of drug-likeness (QED) is 0.796. The van der Waals surface area contributed by atoms with E-state index in [9.17, 15) is 4.39 Å². The Morgan fingerprint density at radius 2 is 1.95 bits per heavy atom. The first-order chi connectivity index (χ1) is 10.0. The van der Waals surface area contributed by atoms with E-state index in [4.69, 9.17) is 4.74 Å². The summed E-state index contributed by atoms with van der Waals surface area (Å²) in [6.45, 7) is 4.64. The van der Waals surface area contributed by atoms with Crippen LogP contribution in [0.15, 0.2) is 40.9 Å². The molecular weight excluding hydrogens is 333 g/mol. The Morgan fingerprint density at radius 1 is 1.19 bits per heavy atom. The number of benzene rings is 2. The zero-order valence-electron chi connectivity index (χ0n) is 12.4. The van der Waals surface area contributed by atoms with Gasteiger partial charge in [-0.05, 0) is 48.9 Å². The largest absolute Gasteiger partial charge is 0.457 e. The van der Waals surface area contributed by atoms with Crippen molar-refractivity contribution in [3.05, 3.63) is 57.8 Å². The minimum absolute atomic E-state index is 0.259. The molecule has 0 heterocycles. The van der Waals surface area contributed by atoms with Crippen molar-refractivity contribution in [3.8, 4) is 11.5 Å². The van der Waals surface area contributed by atoms with Crippen molar-refractivity contribution in [2.24, 2.45) is 0 Å². The van der Waals surface area contributed by atoms with E-state index in [1.165, 1.54) is 6.07 Å². The Morgan fingerprint density at radius 3 is 2.62 bits per heavy atom. The van der Waals surface area contributed by atoms with Crippen LogP contribution in [0.3, 0.4) is 0 Å². The molecule has 2 aromatic carbocycles. The van der Waals surface area contributed by atoms with Crippen LogP contribution >= 0.6 is 15.9 Å². The predicted octanol–water partition coefficient (Wildman–Crippen LogP) is 5.22. The van der Waals surface area contributed by atoms with Gasteiger partial charge in [-0.3, -0.25) is 0 Å². The third-order valence-corrected chi connectivity index (χ3v) is 3.74.